The molecule has 2 aromatic carbocycles. The summed E-state index contributed by atoms with van der Waals surface area (Å²) in [5.41, 5.74) is 4.83. The van der Waals surface area contributed by atoms with E-state index in [2.05, 4.69) is 14.5 Å². The number of carbonyl (C=O) groups excluding carboxylic acids is 1. The summed E-state index contributed by atoms with van der Waals surface area (Å²) in [6.45, 7) is 7.72. The van der Waals surface area contributed by atoms with Gasteiger partial charge in [0.2, 0.25) is 5.91 Å². The molecule has 1 amide bonds. The molecule has 0 atom stereocenters. The number of nitrogens with zero attached hydrogens (tertiary/aromatic N) is 6. The lowest BCUT2D eigenvalue weighted by Crippen LogP contribution is -2.47. The Balaban J connectivity index is 1.25. The number of aromatic nitrogens is 2. The number of rotatable bonds is 7. The molecule has 0 saturated carbocycles. The maximum absolute atomic E-state index is 12.1. The largest absolute Gasteiger partial charge is 0.363 e. The van der Waals surface area contributed by atoms with Gasteiger partial charge in [-0.15, -0.1) is 0 Å². The lowest BCUT2D eigenvalue weighted by Gasteiger charge is -2.35. The second-order valence-corrected chi connectivity index (χ2v) is 10.6. The van der Waals surface area contributed by atoms with Crippen LogP contribution < -0.4 is 4.90 Å². The van der Waals surface area contributed by atoms with Crippen LogP contribution in [0.1, 0.15) is 24.6 Å². The lowest BCUT2D eigenvalue weighted by atomic mass is 10.0. The average Bonchev–Trinajstić information content (AvgIpc) is 3.28. The summed E-state index contributed by atoms with van der Waals surface area (Å²) >= 11 is 12.4. The molecule has 1 saturated heterocycles. The normalized spacial score (nSPS) is 16.0. The van der Waals surface area contributed by atoms with Crippen molar-refractivity contribution in [3.05, 3.63) is 73.9 Å². The van der Waals surface area contributed by atoms with Gasteiger partial charge >= 0.3 is 0 Å². The van der Waals surface area contributed by atoms with Crippen molar-refractivity contribution < 1.29 is 9.72 Å². The minimum atomic E-state index is -0.311. The minimum Gasteiger partial charge on any atom is -0.363 e. The van der Waals surface area contributed by atoms with E-state index in [1.165, 1.54) is 5.69 Å². The van der Waals surface area contributed by atoms with Gasteiger partial charge in [0.05, 0.1) is 20.7 Å². The highest BCUT2D eigenvalue weighted by atomic mass is 35.5. The SMILES string of the molecule is CC(=O)N1CCc2c(c(-c3ccc(Cl)c(Cl)c3)nn2CCCN2CCN(c3ccccc3[N+](=O)[O-])CC2)C1. The molecule has 0 bridgehead atoms. The molecule has 5 rings (SSSR count). The molecule has 0 aliphatic carbocycles. The van der Waals surface area contributed by atoms with Crippen molar-refractivity contribution in [3.63, 3.8) is 0 Å². The first kappa shape index (κ1) is 26.5. The van der Waals surface area contributed by atoms with Crippen LogP contribution in [0.4, 0.5) is 11.4 Å². The molecular weight excluding hydrogens is 527 g/mol. The summed E-state index contributed by atoms with van der Waals surface area (Å²) in [5.74, 6) is 0.0588. The number of piperazine rings is 1. The third-order valence-corrected chi connectivity index (χ3v) is 8.15. The number of anilines is 1. The molecule has 38 heavy (non-hydrogen) atoms. The monoisotopic (exact) mass is 556 g/mol. The Bertz CT molecular complexity index is 1350. The maximum atomic E-state index is 12.1. The number of benzene rings is 2. The maximum Gasteiger partial charge on any atom is 0.292 e. The summed E-state index contributed by atoms with van der Waals surface area (Å²) in [6, 6.07) is 12.5. The van der Waals surface area contributed by atoms with Crippen molar-refractivity contribution in [2.45, 2.75) is 32.9 Å². The zero-order valence-corrected chi connectivity index (χ0v) is 22.8. The van der Waals surface area contributed by atoms with Crippen LogP contribution >= 0.6 is 23.2 Å². The second kappa shape index (κ2) is 11.3. The molecule has 11 heteroatoms. The fourth-order valence-electron chi connectivity index (χ4n) is 5.36. The molecule has 3 heterocycles. The Hall–Kier alpha value is -3.14. The Kier molecular flexibility index (Phi) is 7.88. The van der Waals surface area contributed by atoms with Gasteiger partial charge in [0, 0.05) is 88.6 Å². The first-order chi connectivity index (χ1) is 18.3. The fourth-order valence-corrected chi connectivity index (χ4v) is 5.66. The number of fused-ring (bicyclic) bond motifs is 1. The molecule has 2 aliphatic rings. The van der Waals surface area contributed by atoms with Crippen LogP contribution in [0, 0.1) is 10.1 Å². The standard InChI is InChI=1S/C27H30Cl2N6O3/c1-19(36)33-12-9-24-21(18-33)27(20-7-8-22(28)23(29)17-20)30-34(24)11-4-10-31-13-15-32(16-14-31)25-5-2-3-6-26(25)35(37)38/h2-3,5-8,17H,4,9-16,18H2,1H3. The van der Waals surface area contributed by atoms with Gasteiger partial charge in [-0.25, -0.2) is 0 Å². The van der Waals surface area contributed by atoms with E-state index < -0.39 is 0 Å². The van der Waals surface area contributed by atoms with Gasteiger partial charge in [0.15, 0.2) is 0 Å². The second-order valence-electron chi connectivity index (χ2n) is 9.74. The van der Waals surface area contributed by atoms with Crippen LogP contribution in [-0.4, -0.2) is 69.7 Å². The topological polar surface area (TPSA) is 87.8 Å². The zero-order valence-electron chi connectivity index (χ0n) is 21.3. The van der Waals surface area contributed by atoms with E-state index in [9.17, 15) is 14.9 Å². The molecule has 0 radical (unpaired) electrons. The number of para-hydroxylation sites is 2. The molecular formula is C27H30Cl2N6O3. The van der Waals surface area contributed by atoms with E-state index in [-0.39, 0.29) is 16.5 Å². The lowest BCUT2D eigenvalue weighted by molar-refractivity contribution is -0.384. The highest BCUT2D eigenvalue weighted by Crippen LogP contribution is 2.34. The number of halogens is 2. The summed E-state index contributed by atoms with van der Waals surface area (Å²) < 4.78 is 2.09. The van der Waals surface area contributed by atoms with E-state index in [1.807, 2.05) is 29.2 Å². The van der Waals surface area contributed by atoms with Crippen molar-refractivity contribution in [2.24, 2.45) is 0 Å². The van der Waals surface area contributed by atoms with Crippen molar-refractivity contribution >= 4 is 40.5 Å². The van der Waals surface area contributed by atoms with Crippen LogP contribution in [0.2, 0.25) is 10.0 Å². The van der Waals surface area contributed by atoms with Gasteiger partial charge in [0.25, 0.3) is 5.69 Å². The van der Waals surface area contributed by atoms with Gasteiger partial charge in [-0.1, -0.05) is 41.4 Å². The number of nitro benzene ring substituents is 1. The predicted molar refractivity (Wildman–Crippen MR) is 149 cm³/mol. The van der Waals surface area contributed by atoms with Crippen LogP contribution in [0.3, 0.4) is 0 Å². The highest BCUT2D eigenvalue weighted by Gasteiger charge is 2.27. The quantitative estimate of drug-likeness (QED) is 0.304. The van der Waals surface area contributed by atoms with E-state index in [0.29, 0.717) is 28.8 Å². The van der Waals surface area contributed by atoms with Gasteiger partial charge in [-0.3, -0.25) is 24.5 Å². The molecule has 2 aliphatic heterocycles. The van der Waals surface area contributed by atoms with Gasteiger partial charge in [-0.05, 0) is 24.6 Å². The first-order valence-corrected chi connectivity index (χ1v) is 13.6. The number of nitro groups is 1. The predicted octanol–water partition coefficient (Wildman–Crippen LogP) is 4.88. The average molecular weight is 557 g/mol. The number of aryl methyl sites for hydroxylation is 1. The Morgan fingerprint density at radius 2 is 1.79 bits per heavy atom. The van der Waals surface area contributed by atoms with Gasteiger partial charge < -0.3 is 9.80 Å². The van der Waals surface area contributed by atoms with Gasteiger partial charge in [-0.2, -0.15) is 5.10 Å². The number of hydrogen-bond acceptors (Lipinski definition) is 6. The van der Waals surface area contributed by atoms with Crippen molar-refractivity contribution in [2.75, 3.05) is 44.2 Å². The van der Waals surface area contributed by atoms with Crippen LogP contribution in [-0.2, 0) is 24.3 Å². The van der Waals surface area contributed by atoms with Crippen molar-refractivity contribution in [1.82, 2.24) is 19.6 Å². The number of hydrogen-bond donors (Lipinski definition) is 0. The van der Waals surface area contributed by atoms with Crippen LogP contribution in [0.15, 0.2) is 42.5 Å². The van der Waals surface area contributed by atoms with E-state index in [4.69, 9.17) is 28.3 Å². The molecule has 0 N–H and O–H groups in total. The van der Waals surface area contributed by atoms with E-state index >= 15 is 0 Å². The number of carbonyl (C=O) groups is 1. The van der Waals surface area contributed by atoms with Gasteiger partial charge in [0.1, 0.15) is 5.69 Å². The summed E-state index contributed by atoms with van der Waals surface area (Å²) in [5, 5.41) is 17.4. The van der Waals surface area contributed by atoms with Crippen LogP contribution in [0.5, 0.6) is 0 Å². The minimum absolute atomic E-state index is 0.0588. The Morgan fingerprint density at radius 3 is 2.50 bits per heavy atom. The Labute approximate surface area is 231 Å². The van der Waals surface area contributed by atoms with E-state index in [1.54, 1.807) is 25.1 Å². The zero-order chi connectivity index (χ0) is 26.8. The summed E-state index contributed by atoms with van der Waals surface area (Å²) in [4.78, 5) is 29.5. The van der Waals surface area contributed by atoms with Crippen LogP contribution in [0.25, 0.3) is 11.3 Å². The number of amides is 1. The molecule has 200 valence electrons. The molecule has 1 fully saturated rings. The fraction of sp³-hybridized carbons (Fsp3) is 0.407. The Morgan fingerprint density at radius 1 is 1.03 bits per heavy atom. The van der Waals surface area contributed by atoms with Crippen molar-refractivity contribution in [3.8, 4) is 11.3 Å². The third-order valence-electron chi connectivity index (χ3n) is 7.41. The highest BCUT2D eigenvalue weighted by molar-refractivity contribution is 6.42. The molecule has 9 nitrogen and oxygen atoms in total. The molecule has 0 spiro atoms. The van der Waals surface area contributed by atoms with E-state index in [0.717, 1.165) is 68.9 Å². The molecule has 3 aromatic rings. The first-order valence-electron chi connectivity index (χ1n) is 12.8. The summed E-state index contributed by atoms with van der Waals surface area (Å²) in [7, 11) is 0. The molecule has 1 aromatic heterocycles. The third kappa shape index (κ3) is 5.50. The van der Waals surface area contributed by atoms with Crippen molar-refractivity contribution in [1.29, 1.82) is 0 Å². The summed E-state index contributed by atoms with van der Waals surface area (Å²) in [6.07, 6.45) is 1.69. The molecule has 0 unspecified atom stereocenters. The smallest absolute Gasteiger partial charge is 0.292 e.